The first-order chi connectivity index (χ1) is 8.20. The summed E-state index contributed by atoms with van der Waals surface area (Å²) in [5.41, 5.74) is -6.53. The molecular weight excluding hydrogens is 267 g/mol. The van der Waals surface area contributed by atoms with Gasteiger partial charge in [-0.1, -0.05) is 0 Å². The summed E-state index contributed by atoms with van der Waals surface area (Å²) in [6, 6.07) is 0. The van der Waals surface area contributed by atoms with Gasteiger partial charge in [0.2, 0.25) is 0 Å². The summed E-state index contributed by atoms with van der Waals surface area (Å²) < 4.78 is 62.4. The van der Waals surface area contributed by atoms with Crippen LogP contribution in [0, 0.1) is 10.1 Å². The van der Waals surface area contributed by atoms with Crippen LogP contribution in [0.3, 0.4) is 0 Å². The number of nitro groups is 1. The largest absolute Gasteiger partial charge is 0.423 e. The lowest BCUT2D eigenvalue weighted by molar-refractivity contribution is -0.388. The van der Waals surface area contributed by atoms with Crippen LogP contribution in [-0.4, -0.2) is 16.2 Å². The molecule has 0 unspecified atom stereocenters. The van der Waals surface area contributed by atoms with Crippen LogP contribution >= 0.6 is 0 Å². The van der Waals surface area contributed by atoms with Crippen LogP contribution in [0.5, 0.6) is 0 Å². The SMILES string of the molecule is O=Cc1c(C(F)F)ncc([N+](=O)[O-])c1C(F)(F)F. The van der Waals surface area contributed by atoms with Crippen LogP contribution < -0.4 is 0 Å². The molecule has 0 aliphatic heterocycles. The Kier molecular flexibility index (Phi) is 3.58. The standard InChI is InChI=1S/C8H3F5N2O3/c9-7(10)6-3(2-16)5(8(11,12)13)4(1-14-6)15(17)18/h1-2,7H. The van der Waals surface area contributed by atoms with Gasteiger partial charge in [-0.15, -0.1) is 0 Å². The van der Waals surface area contributed by atoms with Gasteiger partial charge < -0.3 is 0 Å². The van der Waals surface area contributed by atoms with E-state index < -0.39 is 46.3 Å². The molecule has 0 saturated heterocycles. The average Bonchev–Trinajstić information content (AvgIpc) is 2.25. The second kappa shape index (κ2) is 4.63. The fourth-order valence-electron chi connectivity index (χ4n) is 1.26. The molecule has 1 aromatic rings. The number of halogens is 5. The van der Waals surface area contributed by atoms with E-state index in [2.05, 4.69) is 4.98 Å². The minimum absolute atomic E-state index is 0.0529. The zero-order chi connectivity index (χ0) is 14.1. The Balaban J connectivity index is 3.73. The van der Waals surface area contributed by atoms with E-state index in [0.29, 0.717) is 0 Å². The third-order valence-corrected chi connectivity index (χ3v) is 1.93. The third kappa shape index (κ3) is 2.41. The highest BCUT2D eigenvalue weighted by atomic mass is 19.4. The Morgan fingerprint density at radius 2 is 1.94 bits per heavy atom. The van der Waals surface area contributed by atoms with Crippen LogP contribution in [0.15, 0.2) is 6.20 Å². The highest BCUT2D eigenvalue weighted by Gasteiger charge is 2.43. The van der Waals surface area contributed by atoms with Crippen molar-refractivity contribution >= 4 is 12.0 Å². The maximum absolute atomic E-state index is 12.6. The monoisotopic (exact) mass is 270 g/mol. The topological polar surface area (TPSA) is 73.1 Å². The lowest BCUT2D eigenvalue weighted by atomic mass is 10.1. The summed E-state index contributed by atoms with van der Waals surface area (Å²) in [5.74, 6) is 0. The Morgan fingerprint density at radius 1 is 1.39 bits per heavy atom. The third-order valence-electron chi connectivity index (χ3n) is 1.93. The minimum Gasteiger partial charge on any atom is -0.298 e. The fraction of sp³-hybridized carbons (Fsp3) is 0.250. The molecule has 0 amide bonds. The number of carbonyl (C=O) groups excluding carboxylic acids is 1. The summed E-state index contributed by atoms with van der Waals surface area (Å²) in [6.45, 7) is 0. The van der Waals surface area contributed by atoms with Crippen LogP contribution in [0.1, 0.15) is 28.0 Å². The number of carbonyl (C=O) groups is 1. The molecule has 0 atom stereocenters. The highest BCUT2D eigenvalue weighted by Crippen LogP contribution is 2.40. The van der Waals surface area contributed by atoms with Gasteiger partial charge in [0.1, 0.15) is 17.5 Å². The van der Waals surface area contributed by atoms with Gasteiger partial charge in [0, 0.05) is 0 Å². The van der Waals surface area contributed by atoms with Crippen molar-refractivity contribution in [2.24, 2.45) is 0 Å². The minimum atomic E-state index is -5.31. The number of aromatic nitrogens is 1. The molecule has 0 radical (unpaired) electrons. The van der Waals surface area contributed by atoms with E-state index >= 15 is 0 Å². The van der Waals surface area contributed by atoms with Crippen molar-refractivity contribution in [2.75, 3.05) is 0 Å². The molecule has 1 aromatic heterocycles. The Hall–Kier alpha value is -2.13. The molecule has 0 aliphatic rings. The molecule has 98 valence electrons. The first-order valence-corrected chi connectivity index (χ1v) is 4.18. The van der Waals surface area contributed by atoms with Crippen LogP contribution in [0.4, 0.5) is 27.6 Å². The highest BCUT2D eigenvalue weighted by molar-refractivity contribution is 5.81. The molecule has 1 heterocycles. The molecular formula is C8H3F5N2O3. The van der Waals surface area contributed by atoms with Crippen molar-refractivity contribution in [1.82, 2.24) is 4.98 Å². The smallest absolute Gasteiger partial charge is 0.298 e. The van der Waals surface area contributed by atoms with E-state index in [4.69, 9.17) is 0 Å². The molecule has 0 N–H and O–H groups in total. The quantitative estimate of drug-likeness (QED) is 0.366. The van der Waals surface area contributed by atoms with Gasteiger partial charge in [-0.25, -0.2) is 13.8 Å². The molecule has 0 aromatic carbocycles. The predicted molar refractivity (Wildman–Crippen MR) is 46.2 cm³/mol. The van der Waals surface area contributed by atoms with Crippen molar-refractivity contribution in [3.05, 3.63) is 33.1 Å². The van der Waals surface area contributed by atoms with Crippen molar-refractivity contribution in [2.45, 2.75) is 12.6 Å². The summed E-state index contributed by atoms with van der Waals surface area (Å²) in [6.07, 6.45) is -9.24. The Morgan fingerprint density at radius 3 is 2.28 bits per heavy atom. The van der Waals surface area contributed by atoms with Gasteiger partial charge in [-0.3, -0.25) is 14.9 Å². The fourth-order valence-corrected chi connectivity index (χ4v) is 1.26. The molecule has 0 aliphatic carbocycles. The zero-order valence-corrected chi connectivity index (χ0v) is 8.24. The van der Waals surface area contributed by atoms with E-state index in [-0.39, 0.29) is 6.20 Å². The maximum atomic E-state index is 12.6. The zero-order valence-electron chi connectivity index (χ0n) is 8.24. The van der Waals surface area contributed by atoms with Gasteiger partial charge in [0.15, 0.2) is 6.29 Å². The molecule has 1 rings (SSSR count). The van der Waals surface area contributed by atoms with Crippen molar-refractivity contribution in [3.8, 4) is 0 Å². The number of alkyl halides is 5. The van der Waals surface area contributed by atoms with Crippen molar-refractivity contribution in [3.63, 3.8) is 0 Å². The number of nitrogens with zero attached hydrogens (tertiary/aromatic N) is 2. The van der Waals surface area contributed by atoms with Crippen molar-refractivity contribution in [1.29, 1.82) is 0 Å². The van der Waals surface area contributed by atoms with Gasteiger partial charge >= 0.3 is 11.9 Å². The molecule has 0 spiro atoms. The molecule has 0 fully saturated rings. The van der Waals surface area contributed by atoms with Gasteiger partial charge in [-0.05, 0) is 0 Å². The van der Waals surface area contributed by atoms with Crippen molar-refractivity contribution < 1.29 is 31.7 Å². The van der Waals surface area contributed by atoms with E-state index in [1.54, 1.807) is 0 Å². The average molecular weight is 270 g/mol. The molecule has 0 saturated carbocycles. The molecule has 10 heteroatoms. The van der Waals surface area contributed by atoms with Crippen LogP contribution in [0.2, 0.25) is 0 Å². The first-order valence-electron chi connectivity index (χ1n) is 4.18. The molecule has 5 nitrogen and oxygen atoms in total. The Labute approximate surface area is 95.4 Å². The number of aldehydes is 1. The lowest BCUT2D eigenvalue weighted by Gasteiger charge is -2.12. The Bertz CT molecular complexity index is 500. The number of pyridine rings is 1. The normalized spacial score (nSPS) is 11.7. The van der Waals surface area contributed by atoms with E-state index in [0.717, 1.165) is 0 Å². The van der Waals surface area contributed by atoms with E-state index in [1.165, 1.54) is 0 Å². The summed E-state index contributed by atoms with van der Waals surface area (Å²) in [5, 5.41) is 10.4. The van der Waals surface area contributed by atoms with Crippen LogP contribution in [0.25, 0.3) is 0 Å². The first kappa shape index (κ1) is 13.9. The number of hydrogen-bond donors (Lipinski definition) is 0. The number of hydrogen-bond acceptors (Lipinski definition) is 4. The molecule has 18 heavy (non-hydrogen) atoms. The number of rotatable bonds is 3. The second-order valence-electron chi connectivity index (χ2n) is 2.99. The maximum Gasteiger partial charge on any atom is 0.423 e. The summed E-state index contributed by atoms with van der Waals surface area (Å²) >= 11 is 0. The lowest BCUT2D eigenvalue weighted by Crippen LogP contribution is -2.15. The predicted octanol–water partition coefficient (Wildman–Crippen LogP) is 2.76. The summed E-state index contributed by atoms with van der Waals surface area (Å²) in [7, 11) is 0. The van der Waals surface area contributed by atoms with E-state index in [1.807, 2.05) is 0 Å². The van der Waals surface area contributed by atoms with Crippen LogP contribution in [-0.2, 0) is 6.18 Å². The molecule has 0 bridgehead atoms. The van der Waals surface area contributed by atoms with E-state index in [9.17, 15) is 36.9 Å². The summed E-state index contributed by atoms with van der Waals surface area (Å²) in [4.78, 5) is 22.2. The van der Waals surface area contributed by atoms with Gasteiger partial charge in [0.25, 0.3) is 6.43 Å². The van der Waals surface area contributed by atoms with Gasteiger partial charge in [-0.2, -0.15) is 13.2 Å². The van der Waals surface area contributed by atoms with Gasteiger partial charge in [0.05, 0.1) is 10.5 Å². The second-order valence-corrected chi connectivity index (χ2v) is 2.99.